The van der Waals surface area contributed by atoms with E-state index in [4.69, 9.17) is 16.2 Å². The molecular weight excluding hydrogens is 300 g/mol. The van der Waals surface area contributed by atoms with Gasteiger partial charge in [-0.2, -0.15) is 0 Å². The van der Waals surface area contributed by atoms with Gasteiger partial charge in [0.15, 0.2) is 0 Å². The molecule has 2 fully saturated rings. The van der Waals surface area contributed by atoms with Crippen molar-refractivity contribution in [3.05, 3.63) is 29.0 Å². The summed E-state index contributed by atoms with van der Waals surface area (Å²) in [6.07, 6.45) is 6.57. The number of nitrogens with two attached hydrogens (primary N) is 2. The number of rotatable bonds is 4. The van der Waals surface area contributed by atoms with Crippen LogP contribution in [0.3, 0.4) is 0 Å². The number of allylic oxidation sites excluding steroid dienone is 1. The number of ether oxygens (including phenoxy) is 1. The van der Waals surface area contributed by atoms with Crippen molar-refractivity contribution in [2.75, 3.05) is 31.9 Å². The molecule has 2 aliphatic rings. The monoisotopic (exact) mass is 330 g/mol. The average Bonchev–Trinajstić information content (AvgIpc) is 2.60. The quantitative estimate of drug-likeness (QED) is 0.636. The maximum Gasteiger partial charge on any atom is 0.143 e. The standard InChI is InChI=1S/C19H30N4O/c1-13(20)12-17-16(14-4-8-22-9-5-14)2-3-18(19(17)21)24-15-6-10-23-11-7-15/h2-3,12,14-15,22-23H,4-11,20-21H2,1H3/b13-12-. The van der Waals surface area contributed by atoms with Crippen LogP contribution in [0.15, 0.2) is 17.8 Å². The number of benzene rings is 1. The minimum absolute atomic E-state index is 0.245. The van der Waals surface area contributed by atoms with E-state index in [0.717, 1.165) is 74.6 Å². The third-order valence-electron chi connectivity index (χ3n) is 5.01. The molecule has 5 heteroatoms. The Labute approximate surface area is 144 Å². The zero-order chi connectivity index (χ0) is 16.9. The zero-order valence-corrected chi connectivity index (χ0v) is 14.6. The van der Waals surface area contributed by atoms with E-state index < -0.39 is 0 Å². The van der Waals surface area contributed by atoms with Gasteiger partial charge in [0.25, 0.3) is 0 Å². The van der Waals surface area contributed by atoms with Gasteiger partial charge in [0.1, 0.15) is 11.9 Å². The lowest BCUT2D eigenvalue weighted by Crippen LogP contribution is -2.34. The van der Waals surface area contributed by atoms with Gasteiger partial charge in [0, 0.05) is 11.3 Å². The van der Waals surface area contributed by atoms with Crippen molar-refractivity contribution in [2.24, 2.45) is 5.73 Å². The molecule has 0 radical (unpaired) electrons. The van der Waals surface area contributed by atoms with E-state index in [1.54, 1.807) is 0 Å². The number of hydrogen-bond donors (Lipinski definition) is 4. The average molecular weight is 330 g/mol. The van der Waals surface area contributed by atoms with Crippen LogP contribution in [0.4, 0.5) is 5.69 Å². The summed E-state index contributed by atoms with van der Waals surface area (Å²) in [5.41, 5.74) is 16.3. The summed E-state index contributed by atoms with van der Waals surface area (Å²) in [5, 5.41) is 6.78. The summed E-state index contributed by atoms with van der Waals surface area (Å²) in [6.45, 7) is 6.04. The van der Waals surface area contributed by atoms with Crippen LogP contribution in [0.1, 0.15) is 49.7 Å². The van der Waals surface area contributed by atoms with Crippen molar-refractivity contribution < 1.29 is 4.74 Å². The first kappa shape index (κ1) is 17.1. The van der Waals surface area contributed by atoms with Gasteiger partial charge in [0.2, 0.25) is 0 Å². The molecule has 1 aromatic rings. The van der Waals surface area contributed by atoms with Crippen molar-refractivity contribution in [3.8, 4) is 5.75 Å². The Morgan fingerprint density at radius 3 is 2.33 bits per heavy atom. The molecule has 0 unspecified atom stereocenters. The molecule has 132 valence electrons. The minimum Gasteiger partial charge on any atom is -0.488 e. The molecule has 6 N–H and O–H groups in total. The molecule has 0 aliphatic carbocycles. The predicted molar refractivity (Wildman–Crippen MR) is 100 cm³/mol. The fourth-order valence-electron chi connectivity index (χ4n) is 3.71. The maximum atomic E-state index is 6.50. The van der Waals surface area contributed by atoms with E-state index in [1.165, 1.54) is 5.56 Å². The van der Waals surface area contributed by atoms with E-state index in [9.17, 15) is 0 Å². The van der Waals surface area contributed by atoms with Crippen molar-refractivity contribution in [2.45, 2.75) is 44.6 Å². The van der Waals surface area contributed by atoms with Crippen LogP contribution >= 0.6 is 0 Å². The Kier molecular flexibility index (Phi) is 5.63. The van der Waals surface area contributed by atoms with Gasteiger partial charge < -0.3 is 26.8 Å². The summed E-state index contributed by atoms with van der Waals surface area (Å²) in [4.78, 5) is 0. The smallest absolute Gasteiger partial charge is 0.143 e. The van der Waals surface area contributed by atoms with Crippen molar-refractivity contribution in [1.29, 1.82) is 0 Å². The van der Waals surface area contributed by atoms with E-state index >= 15 is 0 Å². The first-order valence-corrected chi connectivity index (χ1v) is 9.09. The van der Waals surface area contributed by atoms with Crippen LogP contribution < -0.4 is 26.8 Å². The molecule has 0 atom stereocenters. The zero-order valence-electron chi connectivity index (χ0n) is 14.6. The summed E-state index contributed by atoms with van der Waals surface area (Å²) in [6, 6.07) is 4.25. The van der Waals surface area contributed by atoms with Crippen LogP contribution in [0.25, 0.3) is 6.08 Å². The lowest BCUT2D eigenvalue weighted by Gasteiger charge is -2.28. The number of hydrogen-bond acceptors (Lipinski definition) is 5. The number of nitrogens with one attached hydrogen (secondary N) is 2. The molecular formula is C19H30N4O. The highest BCUT2D eigenvalue weighted by atomic mass is 16.5. The lowest BCUT2D eigenvalue weighted by molar-refractivity contribution is 0.163. The number of nitrogen functional groups attached to an aromatic ring is 1. The molecule has 2 aliphatic heterocycles. The fraction of sp³-hybridized carbons (Fsp3) is 0.579. The maximum absolute atomic E-state index is 6.50. The lowest BCUT2D eigenvalue weighted by atomic mass is 9.86. The van der Waals surface area contributed by atoms with E-state index in [0.29, 0.717) is 5.92 Å². The third kappa shape index (κ3) is 4.02. The molecule has 2 heterocycles. The van der Waals surface area contributed by atoms with Crippen molar-refractivity contribution in [3.63, 3.8) is 0 Å². The minimum atomic E-state index is 0.245. The molecule has 1 aromatic carbocycles. The molecule has 0 aromatic heterocycles. The van der Waals surface area contributed by atoms with Crippen LogP contribution in [-0.2, 0) is 0 Å². The van der Waals surface area contributed by atoms with E-state index in [-0.39, 0.29) is 6.10 Å². The van der Waals surface area contributed by atoms with Crippen LogP contribution in [-0.4, -0.2) is 32.3 Å². The summed E-state index contributed by atoms with van der Waals surface area (Å²) >= 11 is 0. The number of piperidine rings is 2. The molecule has 0 saturated carbocycles. The Bertz CT molecular complexity index is 583. The van der Waals surface area contributed by atoms with E-state index in [1.807, 2.05) is 13.0 Å². The van der Waals surface area contributed by atoms with Crippen LogP contribution in [0.2, 0.25) is 0 Å². The molecule has 0 bridgehead atoms. The topological polar surface area (TPSA) is 85.3 Å². The number of anilines is 1. The van der Waals surface area contributed by atoms with Crippen molar-refractivity contribution in [1.82, 2.24) is 10.6 Å². The van der Waals surface area contributed by atoms with Gasteiger partial charge in [-0.3, -0.25) is 0 Å². The highest BCUT2D eigenvalue weighted by Crippen LogP contribution is 2.37. The van der Waals surface area contributed by atoms with Gasteiger partial charge in [-0.05, 0) is 82.4 Å². The first-order valence-electron chi connectivity index (χ1n) is 9.09. The molecule has 5 nitrogen and oxygen atoms in total. The Hall–Kier alpha value is -1.72. The van der Waals surface area contributed by atoms with Gasteiger partial charge in [0.05, 0.1) is 5.69 Å². The van der Waals surface area contributed by atoms with Crippen LogP contribution in [0.5, 0.6) is 5.75 Å². The van der Waals surface area contributed by atoms with E-state index in [2.05, 4.69) is 22.8 Å². The molecule has 0 spiro atoms. The van der Waals surface area contributed by atoms with Gasteiger partial charge in [-0.1, -0.05) is 6.07 Å². The second-order valence-corrected chi connectivity index (χ2v) is 6.96. The Balaban J connectivity index is 1.89. The largest absolute Gasteiger partial charge is 0.488 e. The van der Waals surface area contributed by atoms with Gasteiger partial charge in [-0.25, -0.2) is 0 Å². The molecule has 24 heavy (non-hydrogen) atoms. The second-order valence-electron chi connectivity index (χ2n) is 6.96. The predicted octanol–water partition coefficient (Wildman–Crippen LogP) is 2.19. The van der Waals surface area contributed by atoms with Gasteiger partial charge in [-0.15, -0.1) is 0 Å². The normalized spacial score (nSPS) is 21.0. The highest BCUT2D eigenvalue weighted by molar-refractivity contribution is 5.74. The molecule has 3 rings (SSSR count). The SMILES string of the molecule is C/C(N)=C/c1c(C2CCNCC2)ccc(OC2CCNCC2)c1N. The Morgan fingerprint density at radius 2 is 1.71 bits per heavy atom. The Morgan fingerprint density at radius 1 is 1.08 bits per heavy atom. The second kappa shape index (κ2) is 7.90. The van der Waals surface area contributed by atoms with Crippen LogP contribution in [0, 0.1) is 0 Å². The van der Waals surface area contributed by atoms with Gasteiger partial charge >= 0.3 is 0 Å². The third-order valence-corrected chi connectivity index (χ3v) is 5.01. The fourth-order valence-corrected chi connectivity index (χ4v) is 3.71. The summed E-state index contributed by atoms with van der Waals surface area (Å²) < 4.78 is 6.20. The molecule has 0 amide bonds. The summed E-state index contributed by atoms with van der Waals surface area (Å²) in [5.74, 6) is 1.33. The van der Waals surface area contributed by atoms with Crippen molar-refractivity contribution >= 4 is 11.8 Å². The summed E-state index contributed by atoms with van der Waals surface area (Å²) in [7, 11) is 0. The molecule has 2 saturated heterocycles. The first-order chi connectivity index (χ1) is 11.6. The highest BCUT2D eigenvalue weighted by Gasteiger charge is 2.22.